The number of fused-ring (bicyclic) bond motifs is 1. The molecule has 0 spiro atoms. The number of nitrogens with one attached hydrogen (secondary N) is 1. The van der Waals surface area contributed by atoms with E-state index in [1.54, 1.807) is 15.9 Å². The van der Waals surface area contributed by atoms with E-state index in [1.165, 1.54) is 24.6 Å². The van der Waals surface area contributed by atoms with Crippen molar-refractivity contribution in [1.29, 1.82) is 0 Å². The number of aryl methyl sites for hydroxylation is 2. The number of carbonyl (C=O) groups excluding carboxylic acids is 1. The summed E-state index contributed by atoms with van der Waals surface area (Å²) in [5.74, 6) is 0.263. The van der Waals surface area contributed by atoms with Gasteiger partial charge in [-0.3, -0.25) is 14.2 Å². The zero-order chi connectivity index (χ0) is 20.1. The summed E-state index contributed by atoms with van der Waals surface area (Å²) in [5, 5.41) is 4.39. The molecule has 0 radical (unpaired) electrons. The summed E-state index contributed by atoms with van der Waals surface area (Å²) in [6, 6.07) is 0.169. The van der Waals surface area contributed by atoms with E-state index < -0.39 is 0 Å². The summed E-state index contributed by atoms with van der Waals surface area (Å²) in [5.41, 5.74) is 1.00. The third kappa shape index (κ3) is 5.35. The van der Waals surface area contributed by atoms with Crippen LogP contribution in [0, 0.1) is 13.8 Å². The molecule has 2 rings (SSSR count). The Bertz CT molecular complexity index is 855. The van der Waals surface area contributed by atoms with Crippen molar-refractivity contribution in [2.75, 3.05) is 5.75 Å². The molecule has 0 aromatic carbocycles. The van der Waals surface area contributed by atoms with Crippen molar-refractivity contribution in [3.8, 4) is 0 Å². The maximum Gasteiger partial charge on any atom is 0.263 e. The SMILES string of the molecule is CCCCC[C@H](C)NC(=O)CSc1nc2sc(C)c(C)c2c(=O)n1C(C)C. The number of amides is 1. The van der Waals surface area contributed by atoms with Gasteiger partial charge in [0.15, 0.2) is 5.16 Å². The van der Waals surface area contributed by atoms with Crippen LogP contribution in [0.2, 0.25) is 0 Å². The van der Waals surface area contributed by atoms with Gasteiger partial charge in [-0.2, -0.15) is 0 Å². The summed E-state index contributed by atoms with van der Waals surface area (Å²) >= 11 is 2.89. The fourth-order valence-corrected chi connectivity index (χ4v) is 5.07. The van der Waals surface area contributed by atoms with Crippen molar-refractivity contribution in [2.24, 2.45) is 0 Å². The summed E-state index contributed by atoms with van der Waals surface area (Å²) < 4.78 is 1.71. The Morgan fingerprint density at radius 1 is 1.26 bits per heavy atom. The molecule has 27 heavy (non-hydrogen) atoms. The van der Waals surface area contributed by atoms with Crippen molar-refractivity contribution in [3.63, 3.8) is 0 Å². The lowest BCUT2D eigenvalue weighted by molar-refractivity contribution is -0.119. The van der Waals surface area contributed by atoms with Crippen LogP contribution in [0.15, 0.2) is 9.95 Å². The van der Waals surface area contributed by atoms with Crippen molar-refractivity contribution in [3.05, 3.63) is 20.8 Å². The fraction of sp³-hybridized carbons (Fsp3) is 0.650. The third-order valence-electron chi connectivity index (χ3n) is 4.70. The maximum atomic E-state index is 13.0. The highest BCUT2D eigenvalue weighted by Gasteiger charge is 2.19. The van der Waals surface area contributed by atoms with Gasteiger partial charge < -0.3 is 5.32 Å². The van der Waals surface area contributed by atoms with E-state index in [1.807, 2.05) is 34.6 Å². The van der Waals surface area contributed by atoms with Gasteiger partial charge in [-0.1, -0.05) is 37.9 Å². The second-order valence-electron chi connectivity index (χ2n) is 7.38. The Morgan fingerprint density at radius 2 is 1.96 bits per heavy atom. The highest BCUT2D eigenvalue weighted by atomic mass is 32.2. The molecule has 5 nitrogen and oxygen atoms in total. The van der Waals surface area contributed by atoms with Crippen LogP contribution in [0.3, 0.4) is 0 Å². The molecule has 0 fully saturated rings. The Hall–Kier alpha value is -1.34. The number of carbonyl (C=O) groups is 1. The van der Waals surface area contributed by atoms with Gasteiger partial charge in [-0.25, -0.2) is 4.98 Å². The lowest BCUT2D eigenvalue weighted by Gasteiger charge is -2.16. The molecular formula is C20H31N3O2S2. The highest BCUT2D eigenvalue weighted by Crippen LogP contribution is 2.29. The van der Waals surface area contributed by atoms with Gasteiger partial charge in [0.25, 0.3) is 5.56 Å². The largest absolute Gasteiger partial charge is 0.353 e. The Morgan fingerprint density at radius 3 is 2.59 bits per heavy atom. The molecule has 2 aromatic heterocycles. The summed E-state index contributed by atoms with van der Waals surface area (Å²) in [6.07, 6.45) is 4.50. The predicted molar refractivity (Wildman–Crippen MR) is 116 cm³/mol. The zero-order valence-corrected chi connectivity index (χ0v) is 18.9. The lowest BCUT2D eigenvalue weighted by Crippen LogP contribution is -2.34. The molecule has 2 aromatic rings. The average Bonchev–Trinajstić information content (AvgIpc) is 2.87. The van der Waals surface area contributed by atoms with E-state index in [0.717, 1.165) is 28.1 Å². The molecule has 0 bridgehead atoms. The van der Waals surface area contributed by atoms with Crippen LogP contribution in [-0.4, -0.2) is 27.3 Å². The first kappa shape index (κ1) is 22.0. The van der Waals surface area contributed by atoms with E-state index in [4.69, 9.17) is 4.98 Å². The van der Waals surface area contributed by atoms with Crippen molar-refractivity contribution in [2.45, 2.75) is 84.5 Å². The topological polar surface area (TPSA) is 64.0 Å². The number of thioether (sulfide) groups is 1. The van der Waals surface area contributed by atoms with Crippen molar-refractivity contribution >= 4 is 39.2 Å². The Balaban J connectivity index is 2.15. The van der Waals surface area contributed by atoms with E-state index in [2.05, 4.69) is 12.2 Å². The van der Waals surface area contributed by atoms with Crippen LogP contribution in [0.4, 0.5) is 0 Å². The molecule has 7 heteroatoms. The normalized spacial score (nSPS) is 12.7. The Kier molecular flexibility index (Phi) is 7.91. The van der Waals surface area contributed by atoms with E-state index in [9.17, 15) is 9.59 Å². The number of hydrogen-bond donors (Lipinski definition) is 1. The number of thiophene rings is 1. The minimum atomic E-state index is -0.00723. The summed E-state index contributed by atoms with van der Waals surface area (Å²) in [4.78, 5) is 31.9. The van der Waals surface area contributed by atoms with E-state index >= 15 is 0 Å². The van der Waals surface area contributed by atoms with Gasteiger partial charge in [0.2, 0.25) is 5.91 Å². The molecular weight excluding hydrogens is 378 g/mol. The second-order valence-corrected chi connectivity index (χ2v) is 9.53. The number of hydrogen-bond acceptors (Lipinski definition) is 5. The molecule has 1 atom stereocenters. The smallest absolute Gasteiger partial charge is 0.263 e. The first-order chi connectivity index (χ1) is 12.8. The highest BCUT2D eigenvalue weighted by molar-refractivity contribution is 7.99. The minimum absolute atomic E-state index is 0.00677. The molecule has 0 aliphatic carbocycles. The predicted octanol–water partition coefficient (Wildman–Crippen LogP) is 4.83. The van der Waals surface area contributed by atoms with Crippen molar-refractivity contribution in [1.82, 2.24) is 14.9 Å². The van der Waals surface area contributed by atoms with Crippen molar-refractivity contribution < 1.29 is 4.79 Å². The molecule has 150 valence electrons. The number of aromatic nitrogens is 2. The maximum absolute atomic E-state index is 13.0. The molecule has 0 saturated heterocycles. The van der Waals surface area contributed by atoms with Crippen LogP contribution in [0.25, 0.3) is 10.2 Å². The minimum Gasteiger partial charge on any atom is -0.353 e. The van der Waals surface area contributed by atoms with Crippen LogP contribution in [0.1, 0.15) is 69.9 Å². The molecule has 0 aliphatic rings. The standard InChI is InChI=1S/C20H31N3O2S2/c1-7-8-9-10-13(4)21-16(24)11-26-20-22-18-17(14(5)15(6)27-18)19(25)23(20)12(2)3/h12-13H,7-11H2,1-6H3,(H,21,24)/t13-/m0/s1. The average molecular weight is 410 g/mol. The van der Waals surface area contributed by atoms with Crippen LogP contribution in [-0.2, 0) is 4.79 Å². The zero-order valence-electron chi connectivity index (χ0n) is 17.2. The van der Waals surface area contributed by atoms with Gasteiger partial charge >= 0.3 is 0 Å². The summed E-state index contributed by atoms with van der Waals surface area (Å²) in [7, 11) is 0. The first-order valence-electron chi connectivity index (χ1n) is 9.70. The van der Waals surface area contributed by atoms with Crippen LogP contribution >= 0.6 is 23.1 Å². The van der Waals surface area contributed by atoms with Gasteiger partial charge in [0.05, 0.1) is 11.1 Å². The second kappa shape index (κ2) is 9.73. The summed E-state index contributed by atoms with van der Waals surface area (Å²) in [6.45, 7) is 12.2. The van der Waals surface area contributed by atoms with E-state index in [-0.39, 0.29) is 29.3 Å². The quantitative estimate of drug-likeness (QED) is 0.366. The van der Waals surface area contributed by atoms with Gasteiger partial charge in [0, 0.05) is 17.0 Å². The molecule has 1 N–H and O–H groups in total. The monoisotopic (exact) mass is 409 g/mol. The first-order valence-corrected chi connectivity index (χ1v) is 11.5. The van der Waals surface area contributed by atoms with Gasteiger partial charge in [0.1, 0.15) is 4.83 Å². The van der Waals surface area contributed by atoms with Gasteiger partial charge in [-0.15, -0.1) is 11.3 Å². The van der Waals surface area contributed by atoms with E-state index in [0.29, 0.717) is 10.5 Å². The number of rotatable bonds is 9. The van der Waals surface area contributed by atoms with Crippen LogP contribution in [0.5, 0.6) is 0 Å². The molecule has 0 saturated carbocycles. The third-order valence-corrected chi connectivity index (χ3v) is 6.75. The molecule has 0 unspecified atom stereocenters. The van der Waals surface area contributed by atoms with Gasteiger partial charge in [-0.05, 0) is 46.6 Å². The molecule has 1 amide bonds. The Labute approximate surface area is 170 Å². The fourth-order valence-electron chi connectivity index (χ4n) is 3.06. The molecule has 2 heterocycles. The van der Waals surface area contributed by atoms with Crippen LogP contribution < -0.4 is 10.9 Å². The number of nitrogens with zero attached hydrogens (tertiary/aromatic N) is 2. The lowest BCUT2D eigenvalue weighted by atomic mass is 10.1. The molecule has 0 aliphatic heterocycles. The number of unbranched alkanes of at least 4 members (excludes halogenated alkanes) is 2.